The van der Waals surface area contributed by atoms with E-state index in [4.69, 9.17) is 9.84 Å². The van der Waals surface area contributed by atoms with Gasteiger partial charge in [-0.15, -0.1) is 0 Å². The normalized spacial score (nSPS) is 28.6. The summed E-state index contributed by atoms with van der Waals surface area (Å²) in [5.41, 5.74) is 0. The molecule has 5 heteroatoms. The number of nitrogens with zero attached hydrogens (tertiary/aromatic N) is 1. The Morgan fingerprint density at radius 3 is 2.37 bits per heavy atom. The monoisotopic (exact) mass is 269 g/mol. The number of carboxylic acids is 1. The molecular weight excluding hydrogens is 246 g/mol. The summed E-state index contributed by atoms with van der Waals surface area (Å²) in [6, 6.07) is 0. The minimum absolute atomic E-state index is 0.0563. The predicted octanol–water partition coefficient (Wildman–Crippen LogP) is 1.37. The first-order valence-corrected chi connectivity index (χ1v) is 7.14. The van der Waals surface area contributed by atoms with E-state index >= 15 is 0 Å². The van der Waals surface area contributed by atoms with Crippen molar-refractivity contribution >= 4 is 11.9 Å². The van der Waals surface area contributed by atoms with Crippen molar-refractivity contribution in [1.82, 2.24) is 4.90 Å². The Morgan fingerprint density at radius 2 is 1.79 bits per heavy atom. The first-order valence-electron chi connectivity index (χ1n) is 7.14. The van der Waals surface area contributed by atoms with Gasteiger partial charge in [-0.3, -0.25) is 9.59 Å². The number of rotatable bonds is 4. The van der Waals surface area contributed by atoms with E-state index in [1.807, 2.05) is 4.90 Å². The van der Waals surface area contributed by atoms with Crippen LogP contribution >= 0.6 is 0 Å². The standard InChI is InChI=1S/C14H23NO4/c1-19-9-10-5-7-15(8-6-10)13(16)11-3-2-4-12(11)14(17)18/h10-12H,2-9H2,1H3,(H,17,18)/t11-,12+/m1/s1. The van der Waals surface area contributed by atoms with Gasteiger partial charge in [-0.05, 0) is 31.6 Å². The fourth-order valence-electron chi connectivity index (χ4n) is 3.34. The van der Waals surface area contributed by atoms with Crippen molar-refractivity contribution in [3.63, 3.8) is 0 Å². The molecule has 2 fully saturated rings. The fraction of sp³-hybridized carbons (Fsp3) is 0.857. The number of methoxy groups -OCH3 is 1. The summed E-state index contributed by atoms with van der Waals surface area (Å²) < 4.78 is 5.14. The molecule has 0 aromatic carbocycles. The van der Waals surface area contributed by atoms with E-state index in [1.165, 1.54) is 0 Å². The molecule has 0 aromatic rings. The van der Waals surface area contributed by atoms with Gasteiger partial charge >= 0.3 is 5.97 Å². The maximum absolute atomic E-state index is 12.4. The van der Waals surface area contributed by atoms with E-state index in [9.17, 15) is 9.59 Å². The smallest absolute Gasteiger partial charge is 0.307 e. The third-order valence-corrected chi connectivity index (χ3v) is 4.48. The predicted molar refractivity (Wildman–Crippen MR) is 69.6 cm³/mol. The number of likely N-dealkylation sites (tertiary alicyclic amines) is 1. The molecule has 0 bridgehead atoms. The van der Waals surface area contributed by atoms with Gasteiger partial charge in [0.2, 0.25) is 5.91 Å². The van der Waals surface area contributed by atoms with Crippen LogP contribution < -0.4 is 0 Å². The quantitative estimate of drug-likeness (QED) is 0.837. The second-order valence-electron chi connectivity index (χ2n) is 5.71. The molecule has 0 spiro atoms. The summed E-state index contributed by atoms with van der Waals surface area (Å²) in [6.45, 7) is 2.24. The molecule has 1 aliphatic carbocycles. The number of amides is 1. The molecule has 5 nitrogen and oxygen atoms in total. The van der Waals surface area contributed by atoms with Crippen LogP contribution in [0.2, 0.25) is 0 Å². The summed E-state index contributed by atoms with van der Waals surface area (Å²) in [7, 11) is 1.70. The lowest BCUT2D eigenvalue weighted by Crippen LogP contribution is -2.44. The van der Waals surface area contributed by atoms with Crippen LogP contribution in [0.1, 0.15) is 32.1 Å². The molecule has 0 aromatic heterocycles. The summed E-state index contributed by atoms with van der Waals surface area (Å²) in [5, 5.41) is 9.16. The van der Waals surface area contributed by atoms with Crippen molar-refractivity contribution in [2.24, 2.45) is 17.8 Å². The minimum Gasteiger partial charge on any atom is -0.481 e. The number of carbonyl (C=O) groups excluding carboxylic acids is 1. The van der Waals surface area contributed by atoms with E-state index in [1.54, 1.807) is 7.11 Å². The first kappa shape index (κ1) is 14.3. The van der Waals surface area contributed by atoms with Crippen molar-refractivity contribution in [2.75, 3.05) is 26.8 Å². The van der Waals surface area contributed by atoms with Gasteiger partial charge in [-0.1, -0.05) is 6.42 Å². The van der Waals surface area contributed by atoms with Crippen LogP contribution in [-0.2, 0) is 14.3 Å². The van der Waals surface area contributed by atoms with E-state index in [2.05, 4.69) is 0 Å². The Bertz CT molecular complexity index is 336. The molecular formula is C14H23NO4. The molecule has 1 saturated carbocycles. The lowest BCUT2D eigenvalue weighted by atomic mass is 9.92. The molecule has 0 radical (unpaired) electrons. The van der Waals surface area contributed by atoms with Gasteiger partial charge in [0.15, 0.2) is 0 Å². The third kappa shape index (κ3) is 3.26. The molecule has 1 N–H and O–H groups in total. The third-order valence-electron chi connectivity index (χ3n) is 4.48. The fourth-order valence-corrected chi connectivity index (χ4v) is 3.34. The highest BCUT2D eigenvalue weighted by atomic mass is 16.5. The molecule has 1 aliphatic heterocycles. The number of hydrogen-bond acceptors (Lipinski definition) is 3. The number of piperidine rings is 1. The first-order chi connectivity index (χ1) is 9.13. The Hall–Kier alpha value is -1.10. The van der Waals surface area contributed by atoms with Crippen molar-refractivity contribution < 1.29 is 19.4 Å². The highest BCUT2D eigenvalue weighted by Crippen LogP contribution is 2.34. The number of carboxylic acid groups (broad SMARTS) is 1. The number of aliphatic carboxylic acids is 1. The summed E-state index contributed by atoms with van der Waals surface area (Å²) in [5.74, 6) is -0.987. The van der Waals surface area contributed by atoms with Crippen LogP contribution in [0.25, 0.3) is 0 Å². The van der Waals surface area contributed by atoms with Crippen LogP contribution in [0.15, 0.2) is 0 Å². The number of ether oxygens (including phenoxy) is 1. The zero-order chi connectivity index (χ0) is 13.8. The summed E-state index contributed by atoms with van der Waals surface area (Å²) in [6.07, 6.45) is 4.15. The van der Waals surface area contributed by atoms with Gasteiger partial charge in [-0.2, -0.15) is 0 Å². The van der Waals surface area contributed by atoms with Gasteiger partial charge in [0.1, 0.15) is 0 Å². The molecule has 19 heavy (non-hydrogen) atoms. The molecule has 2 atom stereocenters. The van der Waals surface area contributed by atoms with Gasteiger partial charge < -0.3 is 14.7 Å². The summed E-state index contributed by atoms with van der Waals surface area (Å²) >= 11 is 0. The number of hydrogen-bond donors (Lipinski definition) is 1. The molecule has 2 aliphatic rings. The topological polar surface area (TPSA) is 66.8 Å². The van der Waals surface area contributed by atoms with Crippen LogP contribution in [-0.4, -0.2) is 48.7 Å². The molecule has 108 valence electrons. The van der Waals surface area contributed by atoms with Crippen molar-refractivity contribution in [3.8, 4) is 0 Å². The average molecular weight is 269 g/mol. The maximum atomic E-state index is 12.4. The van der Waals surface area contributed by atoms with Crippen LogP contribution in [0.4, 0.5) is 0 Å². The summed E-state index contributed by atoms with van der Waals surface area (Å²) in [4.78, 5) is 25.4. The van der Waals surface area contributed by atoms with Crippen molar-refractivity contribution in [2.45, 2.75) is 32.1 Å². The average Bonchev–Trinajstić information content (AvgIpc) is 2.88. The van der Waals surface area contributed by atoms with E-state index in [0.29, 0.717) is 12.3 Å². The van der Waals surface area contributed by atoms with Crippen LogP contribution in [0.3, 0.4) is 0 Å². The lowest BCUT2D eigenvalue weighted by Gasteiger charge is -2.34. The Labute approximate surface area is 113 Å². The van der Waals surface area contributed by atoms with E-state index < -0.39 is 11.9 Å². The molecule has 2 rings (SSSR count). The minimum atomic E-state index is -0.815. The van der Waals surface area contributed by atoms with Gasteiger partial charge in [-0.25, -0.2) is 0 Å². The van der Waals surface area contributed by atoms with Crippen LogP contribution in [0.5, 0.6) is 0 Å². The van der Waals surface area contributed by atoms with Gasteiger partial charge in [0, 0.05) is 26.8 Å². The van der Waals surface area contributed by atoms with Crippen LogP contribution in [0, 0.1) is 17.8 Å². The van der Waals surface area contributed by atoms with Crippen molar-refractivity contribution in [3.05, 3.63) is 0 Å². The zero-order valence-electron chi connectivity index (χ0n) is 11.5. The molecule has 1 saturated heterocycles. The Balaban J connectivity index is 1.89. The largest absolute Gasteiger partial charge is 0.481 e. The Kier molecular flexibility index (Phi) is 4.80. The van der Waals surface area contributed by atoms with Crippen molar-refractivity contribution in [1.29, 1.82) is 0 Å². The highest BCUT2D eigenvalue weighted by Gasteiger charge is 2.40. The second kappa shape index (κ2) is 6.37. The SMILES string of the molecule is COCC1CCN(C(=O)[C@@H]2CCC[C@@H]2C(=O)O)CC1. The van der Waals surface area contributed by atoms with Gasteiger partial charge in [0.25, 0.3) is 0 Å². The van der Waals surface area contributed by atoms with E-state index in [-0.39, 0.29) is 11.8 Å². The lowest BCUT2D eigenvalue weighted by molar-refractivity contribution is -0.149. The molecule has 0 unspecified atom stereocenters. The zero-order valence-corrected chi connectivity index (χ0v) is 11.5. The molecule has 1 heterocycles. The maximum Gasteiger partial charge on any atom is 0.307 e. The highest BCUT2D eigenvalue weighted by molar-refractivity contribution is 5.85. The van der Waals surface area contributed by atoms with Gasteiger partial charge in [0.05, 0.1) is 11.8 Å². The second-order valence-corrected chi connectivity index (χ2v) is 5.71. The Morgan fingerprint density at radius 1 is 1.16 bits per heavy atom. The van der Waals surface area contributed by atoms with E-state index in [0.717, 1.165) is 45.4 Å². The number of carbonyl (C=O) groups is 2. The molecule has 1 amide bonds.